The molecule has 0 aliphatic heterocycles. The van der Waals surface area contributed by atoms with Gasteiger partial charge in [-0.15, -0.1) is 11.8 Å². The maximum absolute atomic E-state index is 13.7. The molecule has 0 spiro atoms. The van der Waals surface area contributed by atoms with Crippen molar-refractivity contribution < 1.29 is 14.3 Å². The summed E-state index contributed by atoms with van der Waals surface area (Å²) in [7, 11) is 1.61. The van der Waals surface area contributed by atoms with E-state index in [0.29, 0.717) is 34.5 Å². The number of carbonyl (C=O) groups excluding carboxylic acids is 2. The van der Waals surface area contributed by atoms with E-state index >= 15 is 0 Å². The van der Waals surface area contributed by atoms with Crippen molar-refractivity contribution >= 4 is 46.8 Å². The van der Waals surface area contributed by atoms with Crippen molar-refractivity contribution in [2.24, 2.45) is 0 Å². The van der Waals surface area contributed by atoms with Crippen LogP contribution in [0.4, 0.5) is 0 Å². The first kappa shape index (κ1) is 28.9. The largest absolute Gasteiger partial charge is 0.497 e. The molecule has 2 amide bonds. The fraction of sp³-hybridized carbons (Fsp3) is 0.310. The van der Waals surface area contributed by atoms with Gasteiger partial charge in [-0.05, 0) is 47.4 Å². The zero-order chi connectivity index (χ0) is 26.6. The number of rotatable bonds is 13. The second-order valence-corrected chi connectivity index (χ2v) is 10.4. The van der Waals surface area contributed by atoms with Gasteiger partial charge in [-0.25, -0.2) is 0 Å². The van der Waals surface area contributed by atoms with Crippen LogP contribution in [0.1, 0.15) is 30.0 Å². The first-order valence-electron chi connectivity index (χ1n) is 12.2. The number of halogens is 2. The fourth-order valence-corrected chi connectivity index (χ4v) is 5.53. The van der Waals surface area contributed by atoms with Gasteiger partial charge in [-0.2, -0.15) is 0 Å². The quantitative estimate of drug-likeness (QED) is 0.263. The van der Waals surface area contributed by atoms with Crippen LogP contribution >= 0.6 is 35.0 Å². The van der Waals surface area contributed by atoms with Crippen molar-refractivity contribution in [1.29, 1.82) is 0 Å². The van der Waals surface area contributed by atoms with Gasteiger partial charge in [0, 0.05) is 35.3 Å². The minimum Gasteiger partial charge on any atom is -0.497 e. The average molecular weight is 560 g/mol. The molecular weight excluding hydrogens is 527 g/mol. The number of methoxy groups -OCH3 is 1. The summed E-state index contributed by atoms with van der Waals surface area (Å²) in [4.78, 5) is 28.8. The van der Waals surface area contributed by atoms with Crippen molar-refractivity contribution in [2.45, 2.75) is 38.1 Å². The van der Waals surface area contributed by atoms with Crippen LogP contribution in [0.25, 0.3) is 0 Å². The van der Waals surface area contributed by atoms with Crippen molar-refractivity contribution in [2.75, 3.05) is 19.4 Å². The Morgan fingerprint density at radius 1 is 0.973 bits per heavy atom. The molecule has 5 nitrogen and oxygen atoms in total. The molecule has 0 saturated heterocycles. The highest BCUT2D eigenvalue weighted by atomic mass is 35.5. The van der Waals surface area contributed by atoms with Crippen LogP contribution in [-0.2, 0) is 28.3 Å². The van der Waals surface area contributed by atoms with E-state index in [0.717, 1.165) is 23.1 Å². The lowest BCUT2D eigenvalue weighted by Gasteiger charge is -2.31. The van der Waals surface area contributed by atoms with Gasteiger partial charge in [0.15, 0.2) is 0 Å². The van der Waals surface area contributed by atoms with Crippen LogP contribution in [-0.4, -0.2) is 42.2 Å². The molecule has 3 rings (SSSR count). The highest BCUT2D eigenvalue weighted by Crippen LogP contribution is 2.28. The minimum atomic E-state index is -0.669. The highest BCUT2D eigenvalue weighted by molar-refractivity contribution is 7.99. The van der Waals surface area contributed by atoms with Crippen LogP contribution in [0.2, 0.25) is 10.0 Å². The zero-order valence-electron chi connectivity index (χ0n) is 21.1. The Morgan fingerprint density at radius 2 is 1.65 bits per heavy atom. The molecule has 0 aliphatic rings. The fourth-order valence-electron chi connectivity index (χ4n) is 3.88. The Hall–Kier alpha value is -2.67. The molecule has 1 atom stereocenters. The smallest absolute Gasteiger partial charge is 0.243 e. The Balaban J connectivity index is 1.87. The van der Waals surface area contributed by atoms with Crippen LogP contribution in [0.3, 0.4) is 0 Å². The number of carbonyl (C=O) groups is 2. The molecule has 1 N–H and O–H groups in total. The first-order chi connectivity index (χ1) is 17.9. The zero-order valence-corrected chi connectivity index (χ0v) is 23.4. The second kappa shape index (κ2) is 14.9. The molecule has 3 aromatic rings. The van der Waals surface area contributed by atoms with Gasteiger partial charge in [-0.3, -0.25) is 9.59 Å². The van der Waals surface area contributed by atoms with Gasteiger partial charge in [0.1, 0.15) is 11.8 Å². The van der Waals surface area contributed by atoms with Crippen molar-refractivity contribution in [1.82, 2.24) is 10.2 Å². The molecule has 0 heterocycles. The Morgan fingerprint density at radius 3 is 2.32 bits per heavy atom. The number of nitrogens with one attached hydrogen (secondary N) is 1. The number of hydrogen-bond acceptors (Lipinski definition) is 4. The summed E-state index contributed by atoms with van der Waals surface area (Å²) in [6, 6.07) is 22.0. The normalized spacial score (nSPS) is 11.6. The molecule has 0 aromatic heterocycles. The van der Waals surface area contributed by atoms with Crippen molar-refractivity contribution in [3.63, 3.8) is 0 Å². The molecule has 196 valence electrons. The molecule has 0 unspecified atom stereocenters. The van der Waals surface area contributed by atoms with Crippen molar-refractivity contribution in [3.8, 4) is 5.75 Å². The van der Waals surface area contributed by atoms with Gasteiger partial charge in [0.05, 0.1) is 12.9 Å². The van der Waals surface area contributed by atoms with E-state index in [1.54, 1.807) is 30.2 Å². The third kappa shape index (κ3) is 8.70. The van der Waals surface area contributed by atoms with E-state index in [9.17, 15) is 9.59 Å². The molecule has 0 radical (unpaired) electrons. The Labute approximate surface area is 233 Å². The molecule has 0 aliphatic carbocycles. The van der Waals surface area contributed by atoms with Crippen LogP contribution in [0, 0.1) is 0 Å². The highest BCUT2D eigenvalue weighted by Gasteiger charge is 2.30. The number of amides is 2. The minimum absolute atomic E-state index is 0.136. The first-order valence-corrected chi connectivity index (χ1v) is 14.1. The standard InChI is InChI=1S/C29H32Cl2N2O3S/c1-3-15-32-29(35)27(17-21-9-5-4-6-10-21)33(18-22-11-7-12-23(16-22)36-2)28(34)20-37-19-24-25(30)13-8-14-26(24)31/h4-14,16,27H,3,15,17-20H2,1-2H3,(H,32,35)/t27-/m1/s1. The molecule has 0 bridgehead atoms. The van der Waals surface area contributed by atoms with Gasteiger partial charge < -0.3 is 15.0 Å². The number of benzene rings is 3. The lowest BCUT2D eigenvalue weighted by molar-refractivity contribution is -0.139. The van der Waals surface area contributed by atoms with Gasteiger partial charge in [0.2, 0.25) is 11.8 Å². The third-order valence-corrected chi connectivity index (χ3v) is 7.49. The van der Waals surface area contributed by atoms with E-state index in [1.165, 1.54) is 11.8 Å². The van der Waals surface area contributed by atoms with Gasteiger partial charge >= 0.3 is 0 Å². The lowest BCUT2D eigenvalue weighted by atomic mass is 10.0. The molecular formula is C29H32Cl2N2O3S. The Kier molecular flexibility index (Phi) is 11.6. The summed E-state index contributed by atoms with van der Waals surface area (Å²) in [5.74, 6) is 1.06. The van der Waals surface area contributed by atoms with Gasteiger partial charge in [0.25, 0.3) is 0 Å². The maximum atomic E-state index is 13.7. The van der Waals surface area contributed by atoms with Crippen molar-refractivity contribution in [3.05, 3.63) is 99.5 Å². The molecule has 0 saturated carbocycles. The van der Waals surface area contributed by atoms with E-state index < -0.39 is 6.04 Å². The monoisotopic (exact) mass is 558 g/mol. The molecule has 8 heteroatoms. The summed E-state index contributed by atoms with van der Waals surface area (Å²) in [6.07, 6.45) is 1.22. The molecule has 3 aromatic carbocycles. The third-order valence-electron chi connectivity index (χ3n) is 5.84. The van der Waals surface area contributed by atoms with Crippen LogP contribution in [0.15, 0.2) is 72.8 Å². The summed E-state index contributed by atoms with van der Waals surface area (Å²) in [6.45, 7) is 2.83. The second-order valence-electron chi connectivity index (χ2n) is 8.56. The number of nitrogens with zero attached hydrogens (tertiary/aromatic N) is 1. The average Bonchev–Trinajstić information content (AvgIpc) is 2.91. The topological polar surface area (TPSA) is 58.6 Å². The summed E-state index contributed by atoms with van der Waals surface area (Å²) < 4.78 is 5.38. The summed E-state index contributed by atoms with van der Waals surface area (Å²) in [5, 5.41) is 4.14. The van der Waals surface area contributed by atoms with E-state index in [-0.39, 0.29) is 24.1 Å². The molecule has 37 heavy (non-hydrogen) atoms. The van der Waals surface area contributed by atoms with Gasteiger partial charge in [-0.1, -0.05) is 78.7 Å². The van der Waals surface area contributed by atoms with Crippen LogP contribution < -0.4 is 10.1 Å². The van der Waals surface area contributed by atoms with E-state index in [1.807, 2.05) is 61.5 Å². The van der Waals surface area contributed by atoms with E-state index in [4.69, 9.17) is 27.9 Å². The predicted octanol–water partition coefficient (Wildman–Crippen LogP) is 6.40. The lowest BCUT2D eigenvalue weighted by Crippen LogP contribution is -2.51. The SMILES string of the molecule is CCCNC(=O)[C@@H](Cc1ccccc1)N(Cc1cccc(OC)c1)C(=O)CSCc1c(Cl)cccc1Cl. The van der Waals surface area contributed by atoms with Crippen LogP contribution in [0.5, 0.6) is 5.75 Å². The molecule has 0 fully saturated rings. The number of hydrogen-bond donors (Lipinski definition) is 1. The van der Waals surface area contributed by atoms with E-state index in [2.05, 4.69) is 5.32 Å². The Bertz CT molecular complexity index is 1160. The summed E-state index contributed by atoms with van der Waals surface area (Å²) in [5.41, 5.74) is 2.66. The maximum Gasteiger partial charge on any atom is 0.243 e. The number of ether oxygens (including phenoxy) is 1. The summed E-state index contributed by atoms with van der Waals surface area (Å²) >= 11 is 14.1. The predicted molar refractivity (Wildman–Crippen MR) is 153 cm³/mol. The number of thioether (sulfide) groups is 1.